The fraction of sp³-hybridized carbons (Fsp3) is 0.423. The van der Waals surface area contributed by atoms with Gasteiger partial charge >= 0.3 is 0 Å². The summed E-state index contributed by atoms with van der Waals surface area (Å²) < 4.78 is 59.9. The minimum absolute atomic E-state index is 0.00852. The Morgan fingerprint density at radius 1 is 1.20 bits per heavy atom. The molecule has 0 unspecified atom stereocenters. The summed E-state index contributed by atoms with van der Waals surface area (Å²) in [5.74, 6) is -5.14. The van der Waals surface area contributed by atoms with E-state index in [0.717, 1.165) is 16.8 Å². The maximum Gasteiger partial charge on any atom is 0.259 e. The molecule has 1 aromatic heterocycles. The number of nitrogens with zero attached hydrogens (tertiary/aromatic N) is 4. The maximum absolute atomic E-state index is 14.2. The third-order valence-corrected chi connectivity index (χ3v) is 7.65. The molecule has 0 radical (unpaired) electrons. The van der Waals surface area contributed by atoms with Gasteiger partial charge in [-0.1, -0.05) is 27.2 Å². The first-order valence-corrected chi connectivity index (χ1v) is 13.3. The molecule has 220 valence electrons. The van der Waals surface area contributed by atoms with Crippen LogP contribution in [0.25, 0.3) is 11.3 Å². The first-order valence-electron chi connectivity index (χ1n) is 12.5. The van der Waals surface area contributed by atoms with Crippen molar-refractivity contribution in [1.29, 1.82) is 0 Å². The van der Waals surface area contributed by atoms with E-state index in [1.54, 1.807) is 24.3 Å². The predicted molar refractivity (Wildman–Crippen MR) is 139 cm³/mol. The van der Waals surface area contributed by atoms with Gasteiger partial charge in [0.1, 0.15) is 36.2 Å². The summed E-state index contributed by atoms with van der Waals surface area (Å²) in [4.78, 5) is 15.5. The number of hydrogen-bond acceptors (Lipinski definition) is 9. The Bertz CT molecular complexity index is 1390. The number of hydrogen-bond donors (Lipinski definition) is 3. The van der Waals surface area contributed by atoms with Crippen LogP contribution in [-0.4, -0.2) is 99.7 Å². The molecule has 2 aromatic carbocycles. The summed E-state index contributed by atoms with van der Waals surface area (Å²) in [7, 11) is 1.28. The summed E-state index contributed by atoms with van der Waals surface area (Å²) in [5, 5.41) is 39.6. The second-order valence-electron chi connectivity index (χ2n) is 9.66. The van der Waals surface area contributed by atoms with Gasteiger partial charge in [0.2, 0.25) is 0 Å². The lowest BCUT2D eigenvalue weighted by molar-refractivity contribution is -0.211. The van der Waals surface area contributed by atoms with Crippen LogP contribution in [0.15, 0.2) is 47.1 Å². The minimum atomic E-state index is -1.64. The Morgan fingerprint density at radius 2 is 1.93 bits per heavy atom. The average molecular weight is 643 g/mol. The molecule has 2 aliphatic heterocycles. The molecular formula is C26H26BrF3N4O7. The molecule has 3 aromatic rings. The van der Waals surface area contributed by atoms with E-state index in [4.69, 9.17) is 14.2 Å². The minimum Gasteiger partial charge on any atom is -0.394 e. The van der Waals surface area contributed by atoms with Crippen molar-refractivity contribution in [2.24, 2.45) is 0 Å². The highest BCUT2D eigenvalue weighted by molar-refractivity contribution is 9.10. The van der Waals surface area contributed by atoms with Gasteiger partial charge in [-0.05, 0) is 30.3 Å². The molecule has 1 amide bonds. The van der Waals surface area contributed by atoms with Crippen LogP contribution in [0.5, 0.6) is 0 Å². The van der Waals surface area contributed by atoms with E-state index < -0.39 is 72.6 Å². The van der Waals surface area contributed by atoms with Crippen LogP contribution in [0.1, 0.15) is 6.04 Å². The van der Waals surface area contributed by atoms with Gasteiger partial charge in [-0.3, -0.25) is 4.79 Å². The van der Waals surface area contributed by atoms with E-state index in [1.165, 1.54) is 18.2 Å². The highest BCUT2D eigenvalue weighted by Gasteiger charge is 2.52. The maximum atomic E-state index is 14.2. The van der Waals surface area contributed by atoms with E-state index in [9.17, 15) is 33.3 Å². The van der Waals surface area contributed by atoms with Gasteiger partial charge in [0.25, 0.3) is 5.91 Å². The molecule has 15 heteroatoms. The van der Waals surface area contributed by atoms with Gasteiger partial charge in [0.15, 0.2) is 23.6 Å². The van der Waals surface area contributed by atoms with Gasteiger partial charge in [-0.25, -0.2) is 17.9 Å². The number of carbonyl (C=O) groups excluding carboxylic acids is 1. The van der Waals surface area contributed by atoms with Crippen molar-refractivity contribution in [3.63, 3.8) is 0 Å². The van der Waals surface area contributed by atoms with Crippen molar-refractivity contribution in [2.45, 2.75) is 42.6 Å². The fourth-order valence-electron chi connectivity index (χ4n) is 5.14. The Hall–Kier alpha value is -2.92. The zero-order chi connectivity index (χ0) is 29.4. The molecule has 3 heterocycles. The fourth-order valence-corrected chi connectivity index (χ4v) is 5.53. The van der Waals surface area contributed by atoms with Crippen molar-refractivity contribution >= 4 is 27.5 Å². The Morgan fingerprint density at radius 3 is 2.54 bits per heavy atom. The van der Waals surface area contributed by atoms with E-state index in [-0.39, 0.29) is 24.5 Å². The second-order valence-corrected chi connectivity index (χ2v) is 10.6. The van der Waals surface area contributed by atoms with Gasteiger partial charge in [0, 0.05) is 22.8 Å². The average Bonchev–Trinajstić information content (AvgIpc) is 3.61. The quantitative estimate of drug-likeness (QED) is 0.328. The molecule has 0 aliphatic carbocycles. The van der Waals surface area contributed by atoms with Crippen LogP contribution in [0.3, 0.4) is 0 Å². The van der Waals surface area contributed by atoms with Crippen LogP contribution in [0.4, 0.5) is 18.9 Å². The Balaban J connectivity index is 1.53. The molecule has 2 fully saturated rings. The SMILES string of the molecule is CO[C@@H]1[C@@H](n2cc(-c3cc(F)c(F)c(F)c3)nn2)[C@@H](O)[C@@H](CO)O[C@H]1C(=O)N(c1cccc(Br)c1)[C@@H]1COC[C@H]1O. The molecule has 0 spiro atoms. The topological polar surface area (TPSA) is 139 Å². The number of amides is 1. The van der Waals surface area contributed by atoms with Crippen molar-refractivity contribution in [3.8, 4) is 11.3 Å². The van der Waals surface area contributed by atoms with Crippen LogP contribution in [-0.2, 0) is 19.0 Å². The largest absolute Gasteiger partial charge is 0.394 e. The molecule has 2 aliphatic rings. The molecule has 11 nitrogen and oxygen atoms in total. The standard InChI is InChI=1S/C26H26BrF3N4O7/c1-39-24-22(33-8-17(31-32-33)12-5-15(28)21(30)16(29)6-12)23(37)20(9-35)41-25(24)26(38)34(18-10-40-11-19(18)36)14-4-2-3-13(27)7-14/h2-8,18-20,22-25,35-37H,9-11H2,1H3/t18-,19-,20-,22+,23+,24-,25-/m1/s1. The molecular weight excluding hydrogens is 617 g/mol. The Kier molecular flexibility index (Phi) is 8.75. The summed E-state index contributed by atoms with van der Waals surface area (Å²) in [6.07, 6.45) is -5.15. The highest BCUT2D eigenvalue weighted by Crippen LogP contribution is 2.36. The van der Waals surface area contributed by atoms with Crippen molar-refractivity contribution in [3.05, 3.63) is 64.5 Å². The van der Waals surface area contributed by atoms with Crippen molar-refractivity contribution < 1.29 is 47.5 Å². The highest BCUT2D eigenvalue weighted by atomic mass is 79.9. The van der Waals surface area contributed by atoms with Crippen LogP contribution in [0, 0.1) is 17.5 Å². The molecule has 5 rings (SSSR count). The molecule has 0 saturated carbocycles. The number of carbonyl (C=O) groups is 1. The van der Waals surface area contributed by atoms with E-state index >= 15 is 0 Å². The number of aliphatic hydroxyl groups is 3. The van der Waals surface area contributed by atoms with Crippen molar-refractivity contribution in [1.82, 2.24) is 15.0 Å². The van der Waals surface area contributed by atoms with Crippen LogP contribution in [0.2, 0.25) is 0 Å². The van der Waals surface area contributed by atoms with E-state index in [1.807, 2.05) is 0 Å². The Labute approximate surface area is 240 Å². The number of halogens is 4. The number of anilines is 1. The van der Waals surface area contributed by atoms with Gasteiger partial charge in [-0.2, -0.15) is 0 Å². The van der Waals surface area contributed by atoms with E-state index in [0.29, 0.717) is 10.2 Å². The smallest absolute Gasteiger partial charge is 0.259 e. The van der Waals surface area contributed by atoms with Crippen molar-refractivity contribution in [2.75, 3.05) is 31.8 Å². The normalized spacial score (nSPS) is 28.1. The first kappa shape index (κ1) is 29.6. The number of methoxy groups -OCH3 is 1. The number of aliphatic hydroxyl groups excluding tert-OH is 3. The van der Waals surface area contributed by atoms with Gasteiger partial charge in [-0.15, -0.1) is 5.10 Å². The number of rotatable bonds is 7. The van der Waals surface area contributed by atoms with E-state index in [2.05, 4.69) is 26.2 Å². The van der Waals surface area contributed by atoms with Gasteiger partial charge < -0.3 is 34.4 Å². The molecule has 3 N–H and O–H groups in total. The molecule has 7 atom stereocenters. The summed E-state index contributed by atoms with van der Waals surface area (Å²) in [6.45, 7) is -0.634. The molecule has 0 bridgehead atoms. The number of ether oxygens (including phenoxy) is 3. The van der Waals surface area contributed by atoms with Crippen LogP contribution >= 0.6 is 15.9 Å². The lowest BCUT2D eigenvalue weighted by atomic mass is 9.91. The number of aromatic nitrogens is 3. The lowest BCUT2D eigenvalue weighted by Gasteiger charge is -2.45. The summed E-state index contributed by atoms with van der Waals surface area (Å²) in [5.41, 5.74) is 0.247. The summed E-state index contributed by atoms with van der Waals surface area (Å²) >= 11 is 3.39. The molecule has 2 saturated heterocycles. The monoisotopic (exact) mass is 642 g/mol. The summed E-state index contributed by atoms with van der Waals surface area (Å²) in [6, 6.07) is 6.34. The second kappa shape index (κ2) is 12.1. The van der Waals surface area contributed by atoms with Gasteiger partial charge in [0.05, 0.1) is 32.1 Å². The molecule has 41 heavy (non-hydrogen) atoms. The third-order valence-electron chi connectivity index (χ3n) is 7.15. The first-order chi connectivity index (χ1) is 19.6. The zero-order valence-corrected chi connectivity index (χ0v) is 23.1. The lowest BCUT2D eigenvalue weighted by Crippen LogP contribution is -2.63. The third kappa shape index (κ3) is 5.62. The van der Waals surface area contributed by atoms with Crippen LogP contribution < -0.4 is 4.90 Å². The number of benzene rings is 2. The predicted octanol–water partition coefficient (Wildman–Crippen LogP) is 1.59. The zero-order valence-electron chi connectivity index (χ0n) is 21.5.